The van der Waals surface area contributed by atoms with Crippen LogP contribution in [-0.4, -0.2) is 51.6 Å². The predicted octanol–water partition coefficient (Wildman–Crippen LogP) is 3.73. The van der Waals surface area contributed by atoms with Crippen LogP contribution in [0.25, 0.3) is 0 Å². The first kappa shape index (κ1) is 23.0. The van der Waals surface area contributed by atoms with Gasteiger partial charge >= 0.3 is 11.9 Å². The Kier molecular flexibility index (Phi) is 8.35. The zero-order valence-corrected chi connectivity index (χ0v) is 17.1. The summed E-state index contributed by atoms with van der Waals surface area (Å²) in [5.74, 6) is 0.199. The van der Waals surface area contributed by atoms with Gasteiger partial charge in [0, 0.05) is 30.7 Å². The molecule has 8 heteroatoms. The summed E-state index contributed by atoms with van der Waals surface area (Å²) < 4.78 is 27.8. The average Bonchev–Trinajstić information content (AvgIpc) is 3.22. The molecule has 0 unspecified atom stereocenters. The molecule has 2 rings (SSSR count). The number of carboxylic acids is 1. The smallest absolute Gasteiger partial charge is 0.345 e. The van der Waals surface area contributed by atoms with Crippen molar-refractivity contribution >= 4 is 23.2 Å². The molecule has 1 aliphatic rings. The van der Waals surface area contributed by atoms with Crippen molar-refractivity contribution in [1.29, 1.82) is 0 Å². The van der Waals surface area contributed by atoms with Crippen LogP contribution in [0.1, 0.15) is 53.6 Å². The van der Waals surface area contributed by atoms with Crippen LogP contribution < -0.4 is 0 Å². The van der Waals surface area contributed by atoms with Crippen molar-refractivity contribution in [2.24, 2.45) is 0 Å². The molecule has 0 spiro atoms. The Bertz CT molecular complexity index is 809. The van der Waals surface area contributed by atoms with E-state index in [9.17, 15) is 23.5 Å². The number of carbonyl (C=O) groups is 2. The zero-order chi connectivity index (χ0) is 21.4. The molecule has 1 amide bonds. The van der Waals surface area contributed by atoms with Crippen LogP contribution in [0.3, 0.4) is 0 Å². The topological polar surface area (TPSA) is 77.8 Å². The van der Waals surface area contributed by atoms with E-state index in [2.05, 4.69) is 11.8 Å². The molecule has 0 aliphatic carbocycles. The molecule has 2 heterocycles. The van der Waals surface area contributed by atoms with Crippen LogP contribution in [-0.2, 0) is 11.2 Å². The number of aliphatic hydroxyl groups excluding tert-OH is 1. The van der Waals surface area contributed by atoms with Crippen LogP contribution in [0.2, 0.25) is 0 Å². The number of rotatable bonds is 9. The van der Waals surface area contributed by atoms with E-state index in [1.807, 2.05) is 6.92 Å². The second-order valence-electron chi connectivity index (χ2n) is 6.85. The van der Waals surface area contributed by atoms with Gasteiger partial charge in [-0.15, -0.1) is 23.2 Å². The second kappa shape index (κ2) is 10.5. The molecule has 5 nitrogen and oxygen atoms in total. The number of halogens is 2. The maximum absolute atomic E-state index is 13.9. The highest BCUT2D eigenvalue weighted by molar-refractivity contribution is 7.13. The second-order valence-corrected chi connectivity index (χ2v) is 8.02. The SMILES string of the molecule is CCC#CCC[C@H](O)/C=C/[C@H]1CC(F)(F)C(=O)N1CCCc1ccc(C(=O)O)s1. The first-order chi connectivity index (χ1) is 13.7. The lowest BCUT2D eigenvalue weighted by molar-refractivity contribution is -0.148. The third kappa shape index (κ3) is 6.65. The van der Waals surface area contributed by atoms with Crippen molar-refractivity contribution in [3.05, 3.63) is 34.0 Å². The molecule has 1 aromatic heterocycles. The molecular formula is C21H25F2NO4S. The Labute approximate surface area is 173 Å². The molecule has 29 heavy (non-hydrogen) atoms. The lowest BCUT2D eigenvalue weighted by atomic mass is 10.1. The van der Waals surface area contributed by atoms with E-state index in [-0.39, 0.29) is 11.4 Å². The number of aromatic carboxylic acids is 1. The average molecular weight is 425 g/mol. The van der Waals surface area contributed by atoms with Gasteiger partial charge in [-0.1, -0.05) is 19.1 Å². The Morgan fingerprint density at radius 2 is 2.21 bits per heavy atom. The van der Waals surface area contributed by atoms with Crippen molar-refractivity contribution in [3.63, 3.8) is 0 Å². The summed E-state index contributed by atoms with van der Waals surface area (Å²) in [7, 11) is 0. The fourth-order valence-electron chi connectivity index (χ4n) is 3.10. The van der Waals surface area contributed by atoms with E-state index in [1.54, 1.807) is 6.07 Å². The normalized spacial score (nSPS) is 19.4. The minimum atomic E-state index is -3.41. The lowest BCUT2D eigenvalue weighted by Gasteiger charge is -2.21. The summed E-state index contributed by atoms with van der Waals surface area (Å²) in [5, 5.41) is 18.9. The summed E-state index contributed by atoms with van der Waals surface area (Å²) in [6, 6.07) is 2.44. The van der Waals surface area contributed by atoms with Crippen molar-refractivity contribution in [1.82, 2.24) is 4.90 Å². The van der Waals surface area contributed by atoms with Gasteiger partial charge in [-0.3, -0.25) is 4.79 Å². The number of hydrogen-bond donors (Lipinski definition) is 2. The lowest BCUT2D eigenvalue weighted by Crippen LogP contribution is -2.36. The summed E-state index contributed by atoms with van der Waals surface area (Å²) >= 11 is 1.14. The number of hydrogen-bond acceptors (Lipinski definition) is 4. The maximum Gasteiger partial charge on any atom is 0.345 e. The maximum atomic E-state index is 13.9. The number of aliphatic hydroxyl groups is 1. The number of carbonyl (C=O) groups excluding carboxylic acids is 1. The molecule has 0 saturated carbocycles. The number of likely N-dealkylation sites (tertiary alicyclic amines) is 1. The first-order valence-electron chi connectivity index (χ1n) is 9.57. The van der Waals surface area contributed by atoms with Crippen LogP contribution in [0.4, 0.5) is 8.78 Å². The minimum Gasteiger partial charge on any atom is -0.477 e. The minimum absolute atomic E-state index is 0.141. The molecule has 158 valence electrons. The Morgan fingerprint density at radius 1 is 1.45 bits per heavy atom. The van der Waals surface area contributed by atoms with E-state index < -0.39 is 36.4 Å². The van der Waals surface area contributed by atoms with Gasteiger partial charge in [0.2, 0.25) is 0 Å². The monoisotopic (exact) mass is 425 g/mol. The van der Waals surface area contributed by atoms with Crippen molar-refractivity contribution in [2.75, 3.05) is 6.54 Å². The Hall–Kier alpha value is -2.24. The number of amides is 1. The highest BCUT2D eigenvalue weighted by Gasteiger charge is 2.52. The molecular weight excluding hydrogens is 400 g/mol. The Morgan fingerprint density at radius 3 is 2.86 bits per heavy atom. The van der Waals surface area contributed by atoms with Gasteiger partial charge in [0.25, 0.3) is 5.91 Å². The van der Waals surface area contributed by atoms with Crippen LogP contribution >= 0.6 is 11.3 Å². The summed E-state index contributed by atoms with van der Waals surface area (Å²) in [6.45, 7) is 2.07. The van der Waals surface area contributed by atoms with Gasteiger partial charge in [-0.05, 0) is 31.4 Å². The molecule has 0 bridgehead atoms. The van der Waals surface area contributed by atoms with E-state index in [0.29, 0.717) is 25.7 Å². The number of aryl methyl sites for hydroxylation is 1. The summed E-state index contributed by atoms with van der Waals surface area (Å²) in [6.07, 6.45) is 4.14. The van der Waals surface area contributed by atoms with Gasteiger partial charge in [0.05, 0.1) is 12.1 Å². The van der Waals surface area contributed by atoms with E-state index in [1.165, 1.54) is 18.2 Å². The van der Waals surface area contributed by atoms with Gasteiger partial charge in [0.15, 0.2) is 0 Å². The van der Waals surface area contributed by atoms with Crippen molar-refractivity contribution < 1.29 is 28.6 Å². The highest BCUT2D eigenvalue weighted by atomic mass is 32.1. The van der Waals surface area contributed by atoms with Crippen molar-refractivity contribution in [2.45, 2.75) is 63.5 Å². The fraction of sp³-hybridized carbons (Fsp3) is 0.524. The molecule has 2 N–H and O–H groups in total. The third-order valence-corrected chi connectivity index (χ3v) is 5.69. The molecule has 1 aliphatic heterocycles. The molecule has 0 aromatic carbocycles. The number of alkyl halides is 2. The number of nitrogens with zero attached hydrogens (tertiary/aromatic N) is 1. The third-order valence-electron chi connectivity index (χ3n) is 4.56. The Balaban J connectivity index is 1.92. The number of carboxylic acid groups (broad SMARTS) is 1. The number of thiophene rings is 1. The largest absolute Gasteiger partial charge is 0.477 e. The molecule has 1 saturated heterocycles. The highest BCUT2D eigenvalue weighted by Crippen LogP contribution is 2.34. The molecule has 1 aromatic rings. The molecule has 0 radical (unpaired) electrons. The van der Waals surface area contributed by atoms with Crippen LogP contribution in [0.5, 0.6) is 0 Å². The van der Waals surface area contributed by atoms with E-state index in [0.717, 1.165) is 27.5 Å². The van der Waals surface area contributed by atoms with E-state index >= 15 is 0 Å². The van der Waals surface area contributed by atoms with Crippen molar-refractivity contribution in [3.8, 4) is 11.8 Å². The van der Waals surface area contributed by atoms with Crippen LogP contribution in [0, 0.1) is 11.8 Å². The standard InChI is InChI=1S/C21H25F2NO4S/c1-2-3-4-5-7-16(25)10-9-15-14-21(22,23)20(28)24(15)13-6-8-17-11-12-18(29-17)19(26)27/h9-12,15-16,25H,2,5-8,13-14H2,1H3,(H,26,27)/b10-9+/t15-,16-/m0/s1. The summed E-state index contributed by atoms with van der Waals surface area (Å²) in [4.78, 5) is 25.2. The molecule has 2 atom stereocenters. The first-order valence-corrected chi connectivity index (χ1v) is 10.4. The zero-order valence-electron chi connectivity index (χ0n) is 16.2. The molecule has 1 fully saturated rings. The predicted molar refractivity (Wildman–Crippen MR) is 107 cm³/mol. The quantitative estimate of drug-likeness (QED) is 0.467. The van der Waals surface area contributed by atoms with E-state index in [4.69, 9.17) is 5.11 Å². The van der Waals surface area contributed by atoms with Gasteiger partial charge in [-0.25, -0.2) is 4.79 Å². The fourth-order valence-corrected chi connectivity index (χ4v) is 3.99. The van der Waals surface area contributed by atoms with Gasteiger partial charge in [0.1, 0.15) is 4.88 Å². The summed E-state index contributed by atoms with van der Waals surface area (Å²) in [5.41, 5.74) is 0. The van der Waals surface area contributed by atoms with Crippen LogP contribution in [0.15, 0.2) is 24.3 Å². The van der Waals surface area contributed by atoms with Gasteiger partial charge < -0.3 is 15.1 Å². The van der Waals surface area contributed by atoms with Gasteiger partial charge in [-0.2, -0.15) is 8.78 Å².